The van der Waals surface area contributed by atoms with Gasteiger partial charge in [-0.25, -0.2) is 4.98 Å². The zero-order chi connectivity index (χ0) is 21.1. The molecule has 6 heteroatoms. The summed E-state index contributed by atoms with van der Waals surface area (Å²) in [5.41, 5.74) is 3.87. The van der Waals surface area contributed by atoms with Gasteiger partial charge in [0.25, 0.3) is 0 Å². The molecule has 4 rings (SSSR count). The Bertz CT molecular complexity index is 1070. The number of imidazole rings is 1. The third-order valence-corrected chi connectivity index (χ3v) is 5.81. The average Bonchev–Trinajstić information content (AvgIpc) is 3.38. The standard InChI is InChI=1S/C24H28N4O2/c1-17-9-3-4-10-19(17)15-22(29)25-18(2)24-26-20-11-5-6-12-21(20)28(24)16-23(30)27-13-7-8-14-27/h3-6,9-12,18H,7-8,13-16H2,1-2H3,(H,25,29). The van der Waals surface area contributed by atoms with Crippen molar-refractivity contribution in [3.8, 4) is 0 Å². The molecular weight excluding hydrogens is 376 g/mol. The van der Waals surface area contributed by atoms with E-state index in [1.165, 1.54) is 0 Å². The molecule has 2 aromatic carbocycles. The van der Waals surface area contributed by atoms with Crippen LogP contribution < -0.4 is 5.32 Å². The molecule has 0 spiro atoms. The van der Waals surface area contributed by atoms with Crippen molar-refractivity contribution in [2.75, 3.05) is 13.1 Å². The molecule has 30 heavy (non-hydrogen) atoms. The van der Waals surface area contributed by atoms with Crippen molar-refractivity contribution >= 4 is 22.8 Å². The summed E-state index contributed by atoms with van der Waals surface area (Å²) in [5, 5.41) is 3.07. The summed E-state index contributed by atoms with van der Waals surface area (Å²) in [6, 6.07) is 15.4. The van der Waals surface area contributed by atoms with E-state index in [1.54, 1.807) is 0 Å². The molecule has 1 aromatic heterocycles. The van der Waals surface area contributed by atoms with E-state index < -0.39 is 0 Å². The first-order valence-corrected chi connectivity index (χ1v) is 10.6. The molecule has 0 bridgehead atoms. The molecule has 0 radical (unpaired) electrons. The van der Waals surface area contributed by atoms with Crippen LogP contribution in [0.15, 0.2) is 48.5 Å². The topological polar surface area (TPSA) is 67.2 Å². The van der Waals surface area contributed by atoms with E-state index in [4.69, 9.17) is 4.98 Å². The molecular formula is C24H28N4O2. The smallest absolute Gasteiger partial charge is 0.242 e. The van der Waals surface area contributed by atoms with E-state index in [-0.39, 0.29) is 24.4 Å². The van der Waals surface area contributed by atoms with E-state index >= 15 is 0 Å². The van der Waals surface area contributed by atoms with Crippen LogP contribution >= 0.6 is 0 Å². The van der Waals surface area contributed by atoms with Gasteiger partial charge < -0.3 is 14.8 Å². The highest BCUT2D eigenvalue weighted by atomic mass is 16.2. The zero-order valence-corrected chi connectivity index (χ0v) is 17.6. The Morgan fingerprint density at radius 1 is 1.07 bits per heavy atom. The molecule has 156 valence electrons. The second kappa shape index (κ2) is 8.69. The Morgan fingerprint density at radius 3 is 2.53 bits per heavy atom. The van der Waals surface area contributed by atoms with Gasteiger partial charge in [0.05, 0.1) is 23.5 Å². The Morgan fingerprint density at radius 2 is 1.77 bits per heavy atom. The fourth-order valence-corrected chi connectivity index (χ4v) is 4.13. The zero-order valence-electron chi connectivity index (χ0n) is 17.6. The third-order valence-electron chi connectivity index (χ3n) is 5.81. The van der Waals surface area contributed by atoms with E-state index in [0.29, 0.717) is 12.2 Å². The second-order valence-corrected chi connectivity index (χ2v) is 8.03. The van der Waals surface area contributed by atoms with Crippen LogP contribution in [0.1, 0.15) is 42.8 Å². The lowest BCUT2D eigenvalue weighted by atomic mass is 10.1. The van der Waals surface area contributed by atoms with Crippen LogP contribution in [0.25, 0.3) is 11.0 Å². The number of amides is 2. The highest BCUT2D eigenvalue weighted by molar-refractivity contribution is 5.82. The van der Waals surface area contributed by atoms with Gasteiger partial charge in [0.15, 0.2) is 0 Å². The minimum Gasteiger partial charge on any atom is -0.346 e. The summed E-state index contributed by atoms with van der Waals surface area (Å²) >= 11 is 0. The number of benzene rings is 2. The monoisotopic (exact) mass is 404 g/mol. The van der Waals surface area contributed by atoms with Gasteiger partial charge in [-0.1, -0.05) is 36.4 Å². The maximum atomic E-state index is 12.8. The fourth-order valence-electron chi connectivity index (χ4n) is 4.13. The van der Waals surface area contributed by atoms with Crippen molar-refractivity contribution in [2.24, 2.45) is 0 Å². The Hall–Kier alpha value is -3.15. The number of nitrogens with zero attached hydrogens (tertiary/aromatic N) is 3. The first kappa shape index (κ1) is 20.1. The van der Waals surface area contributed by atoms with Crippen LogP contribution in [0.3, 0.4) is 0 Å². The van der Waals surface area contributed by atoms with Gasteiger partial charge in [-0.3, -0.25) is 9.59 Å². The van der Waals surface area contributed by atoms with Gasteiger partial charge in [-0.15, -0.1) is 0 Å². The molecule has 1 aliphatic rings. The molecule has 2 heterocycles. The SMILES string of the molecule is Cc1ccccc1CC(=O)NC(C)c1nc2ccccc2n1CC(=O)N1CCCC1. The highest BCUT2D eigenvalue weighted by Gasteiger charge is 2.23. The molecule has 6 nitrogen and oxygen atoms in total. The summed E-state index contributed by atoms with van der Waals surface area (Å²) in [5.74, 6) is 0.762. The van der Waals surface area contributed by atoms with E-state index in [1.807, 2.05) is 71.8 Å². The lowest BCUT2D eigenvalue weighted by molar-refractivity contribution is -0.130. The molecule has 1 atom stereocenters. The van der Waals surface area contributed by atoms with Crippen LogP contribution in [0.5, 0.6) is 0 Å². The molecule has 0 aliphatic carbocycles. The number of hydrogen-bond acceptors (Lipinski definition) is 3. The number of likely N-dealkylation sites (tertiary alicyclic amines) is 1. The van der Waals surface area contributed by atoms with Crippen molar-refractivity contribution in [1.82, 2.24) is 19.8 Å². The minimum absolute atomic E-state index is 0.0544. The summed E-state index contributed by atoms with van der Waals surface area (Å²) in [6.45, 7) is 5.82. The number of aromatic nitrogens is 2. The van der Waals surface area contributed by atoms with Crippen LogP contribution in [0.4, 0.5) is 0 Å². The fraction of sp³-hybridized carbons (Fsp3) is 0.375. The summed E-state index contributed by atoms with van der Waals surface area (Å²) in [7, 11) is 0. The lowest BCUT2D eigenvalue weighted by Crippen LogP contribution is -2.34. The van der Waals surface area contributed by atoms with Crippen molar-refractivity contribution in [3.05, 3.63) is 65.5 Å². The predicted molar refractivity (Wildman–Crippen MR) is 117 cm³/mol. The lowest BCUT2D eigenvalue weighted by Gasteiger charge is -2.19. The molecule has 1 unspecified atom stereocenters. The number of hydrogen-bond donors (Lipinski definition) is 1. The van der Waals surface area contributed by atoms with Crippen molar-refractivity contribution in [2.45, 2.75) is 45.7 Å². The van der Waals surface area contributed by atoms with Crippen molar-refractivity contribution in [3.63, 3.8) is 0 Å². The quantitative estimate of drug-likeness (QED) is 0.685. The average molecular weight is 405 g/mol. The molecule has 1 aliphatic heterocycles. The maximum absolute atomic E-state index is 12.8. The molecule has 1 N–H and O–H groups in total. The molecule has 3 aromatic rings. The number of para-hydroxylation sites is 2. The first-order chi connectivity index (χ1) is 14.5. The molecule has 0 saturated carbocycles. The minimum atomic E-state index is -0.305. The van der Waals surface area contributed by atoms with E-state index in [0.717, 1.165) is 48.1 Å². The normalized spacial score (nSPS) is 14.8. The predicted octanol–water partition coefficient (Wildman–Crippen LogP) is 3.39. The van der Waals surface area contributed by atoms with Gasteiger partial charge in [-0.2, -0.15) is 0 Å². The van der Waals surface area contributed by atoms with Crippen molar-refractivity contribution < 1.29 is 9.59 Å². The van der Waals surface area contributed by atoms with Gasteiger partial charge in [0, 0.05) is 13.1 Å². The highest BCUT2D eigenvalue weighted by Crippen LogP contribution is 2.22. The maximum Gasteiger partial charge on any atom is 0.242 e. The van der Waals surface area contributed by atoms with Crippen LogP contribution in [-0.2, 0) is 22.6 Å². The number of nitrogens with one attached hydrogen (secondary N) is 1. The summed E-state index contributed by atoms with van der Waals surface area (Å²) < 4.78 is 1.95. The second-order valence-electron chi connectivity index (χ2n) is 8.03. The number of carbonyl (C=O) groups excluding carboxylic acids is 2. The van der Waals surface area contributed by atoms with Crippen molar-refractivity contribution in [1.29, 1.82) is 0 Å². The molecule has 1 fully saturated rings. The van der Waals surface area contributed by atoms with Crippen LogP contribution in [-0.4, -0.2) is 39.4 Å². The number of rotatable bonds is 6. The number of carbonyl (C=O) groups is 2. The third kappa shape index (κ3) is 4.22. The largest absolute Gasteiger partial charge is 0.346 e. The van der Waals surface area contributed by atoms with Crippen LogP contribution in [0, 0.1) is 6.92 Å². The van der Waals surface area contributed by atoms with Gasteiger partial charge in [0.2, 0.25) is 11.8 Å². The number of aryl methyl sites for hydroxylation is 1. The molecule has 2 amide bonds. The van der Waals surface area contributed by atoms with E-state index in [2.05, 4.69) is 5.32 Å². The van der Waals surface area contributed by atoms with Crippen LogP contribution in [0.2, 0.25) is 0 Å². The number of fused-ring (bicyclic) bond motifs is 1. The van der Waals surface area contributed by atoms with Gasteiger partial charge in [-0.05, 0) is 49.9 Å². The summed E-state index contributed by atoms with van der Waals surface area (Å²) in [4.78, 5) is 32.2. The summed E-state index contributed by atoms with van der Waals surface area (Å²) in [6.07, 6.45) is 2.45. The van der Waals surface area contributed by atoms with Gasteiger partial charge >= 0.3 is 0 Å². The van der Waals surface area contributed by atoms with E-state index in [9.17, 15) is 9.59 Å². The Balaban J connectivity index is 1.55. The Labute approximate surface area is 176 Å². The molecule has 1 saturated heterocycles. The Kier molecular flexibility index (Phi) is 5.84. The van der Waals surface area contributed by atoms with Gasteiger partial charge in [0.1, 0.15) is 12.4 Å². The first-order valence-electron chi connectivity index (χ1n) is 10.6.